The van der Waals surface area contributed by atoms with Gasteiger partial charge in [0.1, 0.15) is 5.15 Å². The van der Waals surface area contributed by atoms with Crippen LogP contribution in [0.25, 0.3) is 0 Å². The minimum absolute atomic E-state index is 0.0360. The van der Waals surface area contributed by atoms with Crippen molar-refractivity contribution < 1.29 is 4.79 Å². The zero-order valence-electron chi connectivity index (χ0n) is 11.1. The highest BCUT2D eigenvalue weighted by Gasteiger charge is 2.11. The number of amides is 1. The summed E-state index contributed by atoms with van der Waals surface area (Å²) in [6, 6.07) is 5.69. The van der Waals surface area contributed by atoms with E-state index < -0.39 is 0 Å². The van der Waals surface area contributed by atoms with Crippen LogP contribution in [0.15, 0.2) is 18.2 Å². The molecule has 1 heterocycles. The zero-order valence-corrected chi connectivity index (χ0v) is 11.9. The standard InChI is InChI=1S/C13H20ClN3O/c1-4-17(9-13(18)15-10(2)3)8-11-6-5-7-12(14)16-11/h5-7,10H,4,8-9H2,1-3H3,(H,15,18). The van der Waals surface area contributed by atoms with Crippen LogP contribution in [-0.4, -0.2) is 34.9 Å². The number of carbonyl (C=O) groups is 1. The van der Waals surface area contributed by atoms with E-state index in [9.17, 15) is 4.79 Å². The summed E-state index contributed by atoms with van der Waals surface area (Å²) in [6.07, 6.45) is 0. The van der Waals surface area contributed by atoms with Gasteiger partial charge in [-0.25, -0.2) is 4.98 Å². The Morgan fingerprint density at radius 3 is 2.78 bits per heavy atom. The van der Waals surface area contributed by atoms with E-state index in [0.717, 1.165) is 12.2 Å². The number of hydrogen-bond acceptors (Lipinski definition) is 3. The van der Waals surface area contributed by atoms with Crippen LogP contribution < -0.4 is 5.32 Å². The first-order valence-corrected chi connectivity index (χ1v) is 6.52. The molecule has 0 atom stereocenters. The molecule has 0 aliphatic carbocycles. The molecule has 0 fully saturated rings. The Hall–Kier alpha value is -1.13. The van der Waals surface area contributed by atoms with Gasteiger partial charge in [-0.2, -0.15) is 0 Å². The fraction of sp³-hybridized carbons (Fsp3) is 0.538. The van der Waals surface area contributed by atoms with Crippen LogP contribution in [0.2, 0.25) is 5.15 Å². The van der Waals surface area contributed by atoms with E-state index in [1.54, 1.807) is 6.07 Å². The van der Waals surface area contributed by atoms with Crippen LogP contribution >= 0.6 is 11.6 Å². The first kappa shape index (κ1) is 14.9. The molecule has 0 spiro atoms. The normalized spacial score (nSPS) is 11.0. The number of aromatic nitrogens is 1. The van der Waals surface area contributed by atoms with E-state index in [2.05, 4.69) is 10.3 Å². The first-order valence-electron chi connectivity index (χ1n) is 6.14. The fourth-order valence-corrected chi connectivity index (χ4v) is 1.80. The fourth-order valence-electron chi connectivity index (χ4n) is 1.62. The van der Waals surface area contributed by atoms with Gasteiger partial charge in [-0.15, -0.1) is 0 Å². The molecule has 18 heavy (non-hydrogen) atoms. The van der Waals surface area contributed by atoms with Crippen LogP contribution in [0.3, 0.4) is 0 Å². The predicted octanol–water partition coefficient (Wildman–Crippen LogP) is 2.08. The number of halogens is 1. The highest BCUT2D eigenvalue weighted by molar-refractivity contribution is 6.29. The van der Waals surface area contributed by atoms with Gasteiger partial charge in [-0.1, -0.05) is 24.6 Å². The topological polar surface area (TPSA) is 45.2 Å². The van der Waals surface area contributed by atoms with Crippen molar-refractivity contribution >= 4 is 17.5 Å². The highest BCUT2D eigenvalue weighted by atomic mass is 35.5. The van der Waals surface area contributed by atoms with Gasteiger partial charge >= 0.3 is 0 Å². The average molecular weight is 270 g/mol. The van der Waals surface area contributed by atoms with E-state index in [0.29, 0.717) is 18.2 Å². The second-order valence-electron chi connectivity index (χ2n) is 4.48. The lowest BCUT2D eigenvalue weighted by Gasteiger charge is -2.20. The maximum Gasteiger partial charge on any atom is 0.234 e. The number of likely N-dealkylation sites (N-methyl/N-ethyl adjacent to an activating group) is 1. The molecule has 5 heteroatoms. The van der Waals surface area contributed by atoms with Gasteiger partial charge in [-0.3, -0.25) is 9.69 Å². The summed E-state index contributed by atoms with van der Waals surface area (Å²) in [6.45, 7) is 7.72. The number of nitrogens with one attached hydrogen (secondary N) is 1. The van der Waals surface area contributed by atoms with Crippen molar-refractivity contribution in [3.05, 3.63) is 29.0 Å². The second kappa shape index (κ2) is 7.34. The number of hydrogen-bond donors (Lipinski definition) is 1. The summed E-state index contributed by atoms with van der Waals surface area (Å²) >= 11 is 5.84. The number of pyridine rings is 1. The van der Waals surface area contributed by atoms with Gasteiger partial charge in [-0.05, 0) is 32.5 Å². The Kier molecular flexibility index (Phi) is 6.09. The maximum atomic E-state index is 11.7. The minimum Gasteiger partial charge on any atom is -0.353 e. The molecular weight excluding hydrogens is 250 g/mol. The summed E-state index contributed by atoms with van der Waals surface area (Å²) in [7, 11) is 0. The molecule has 1 aromatic rings. The molecule has 1 amide bonds. The molecular formula is C13H20ClN3O. The number of nitrogens with zero attached hydrogens (tertiary/aromatic N) is 2. The lowest BCUT2D eigenvalue weighted by atomic mass is 10.3. The van der Waals surface area contributed by atoms with Gasteiger partial charge in [0.15, 0.2) is 0 Å². The van der Waals surface area contributed by atoms with Crippen LogP contribution in [0, 0.1) is 0 Å². The molecule has 100 valence electrons. The minimum atomic E-state index is 0.0360. The van der Waals surface area contributed by atoms with Crippen molar-refractivity contribution in [1.82, 2.24) is 15.2 Å². The van der Waals surface area contributed by atoms with Crippen LogP contribution in [0.1, 0.15) is 26.5 Å². The van der Waals surface area contributed by atoms with Gasteiger partial charge < -0.3 is 5.32 Å². The second-order valence-corrected chi connectivity index (χ2v) is 4.86. The van der Waals surface area contributed by atoms with Crippen molar-refractivity contribution in [2.45, 2.75) is 33.4 Å². The van der Waals surface area contributed by atoms with Crippen molar-refractivity contribution in [2.75, 3.05) is 13.1 Å². The molecule has 0 aromatic carbocycles. The molecule has 1 rings (SSSR count). The lowest BCUT2D eigenvalue weighted by molar-refractivity contribution is -0.122. The van der Waals surface area contributed by atoms with Gasteiger partial charge in [0.25, 0.3) is 0 Å². The molecule has 0 bridgehead atoms. The van der Waals surface area contributed by atoms with E-state index in [-0.39, 0.29) is 11.9 Å². The van der Waals surface area contributed by atoms with E-state index in [1.165, 1.54) is 0 Å². The van der Waals surface area contributed by atoms with Crippen molar-refractivity contribution in [1.29, 1.82) is 0 Å². The third-order valence-electron chi connectivity index (χ3n) is 2.42. The highest BCUT2D eigenvalue weighted by Crippen LogP contribution is 2.07. The Morgan fingerprint density at radius 2 is 2.22 bits per heavy atom. The molecule has 0 radical (unpaired) electrons. The maximum absolute atomic E-state index is 11.7. The lowest BCUT2D eigenvalue weighted by Crippen LogP contribution is -2.39. The third kappa shape index (κ3) is 5.47. The molecule has 0 aliphatic heterocycles. The molecule has 4 nitrogen and oxygen atoms in total. The van der Waals surface area contributed by atoms with E-state index >= 15 is 0 Å². The zero-order chi connectivity index (χ0) is 13.5. The van der Waals surface area contributed by atoms with Crippen LogP contribution in [-0.2, 0) is 11.3 Å². The smallest absolute Gasteiger partial charge is 0.234 e. The molecule has 1 N–H and O–H groups in total. The molecule has 0 saturated carbocycles. The Morgan fingerprint density at radius 1 is 1.50 bits per heavy atom. The summed E-state index contributed by atoms with van der Waals surface area (Å²) < 4.78 is 0. The summed E-state index contributed by atoms with van der Waals surface area (Å²) in [4.78, 5) is 17.9. The molecule has 0 saturated heterocycles. The molecule has 1 aromatic heterocycles. The summed E-state index contributed by atoms with van der Waals surface area (Å²) in [5.74, 6) is 0.0360. The summed E-state index contributed by atoms with van der Waals surface area (Å²) in [5, 5.41) is 3.36. The van der Waals surface area contributed by atoms with Gasteiger partial charge in [0.05, 0.1) is 12.2 Å². The van der Waals surface area contributed by atoms with Crippen molar-refractivity contribution in [3.63, 3.8) is 0 Å². The average Bonchev–Trinajstić information content (AvgIpc) is 2.27. The Labute approximate surface area is 113 Å². The first-order chi connectivity index (χ1) is 8.51. The van der Waals surface area contributed by atoms with Gasteiger partial charge in [0.2, 0.25) is 5.91 Å². The number of carbonyl (C=O) groups excluding carboxylic acids is 1. The monoisotopic (exact) mass is 269 g/mol. The third-order valence-corrected chi connectivity index (χ3v) is 2.63. The quantitative estimate of drug-likeness (QED) is 0.805. The van der Waals surface area contributed by atoms with Crippen LogP contribution in [0.4, 0.5) is 0 Å². The SMILES string of the molecule is CCN(CC(=O)NC(C)C)Cc1cccc(Cl)n1. The van der Waals surface area contributed by atoms with Crippen LogP contribution in [0.5, 0.6) is 0 Å². The largest absolute Gasteiger partial charge is 0.353 e. The van der Waals surface area contributed by atoms with E-state index in [1.807, 2.05) is 37.8 Å². The molecule has 0 aliphatic rings. The Bertz CT molecular complexity index is 396. The Balaban J connectivity index is 2.54. The van der Waals surface area contributed by atoms with Crippen molar-refractivity contribution in [2.24, 2.45) is 0 Å². The van der Waals surface area contributed by atoms with E-state index in [4.69, 9.17) is 11.6 Å². The van der Waals surface area contributed by atoms with Crippen molar-refractivity contribution in [3.8, 4) is 0 Å². The number of rotatable bonds is 6. The predicted molar refractivity (Wildman–Crippen MR) is 73.5 cm³/mol. The van der Waals surface area contributed by atoms with Gasteiger partial charge in [0, 0.05) is 12.6 Å². The molecule has 0 unspecified atom stereocenters. The summed E-state index contributed by atoms with van der Waals surface area (Å²) in [5.41, 5.74) is 0.877.